The van der Waals surface area contributed by atoms with Gasteiger partial charge < -0.3 is 14.6 Å². The van der Waals surface area contributed by atoms with E-state index in [1.54, 1.807) is 24.6 Å². The monoisotopic (exact) mass is 471 g/mol. The van der Waals surface area contributed by atoms with E-state index >= 15 is 0 Å². The molecule has 0 aliphatic heterocycles. The summed E-state index contributed by atoms with van der Waals surface area (Å²) in [6.07, 6.45) is 7.86. The van der Waals surface area contributed by atoms with Crippen molar-refractivity contribution in [2.45, 2.75) is 25.0 Å². The predicted molar refractivity (Wildman–Crippen MR) is 135 cm³/mol. The van der Waals surface area contributed by atoms with Gasteiger partial charge in [-0.15, -0.1) is 11.3 Å². The highest BCUT2D eigenvalue weighted by atomic mass is 32.1. The molecule has 172 valence electrons. The van der Waals surface area contributed by atoms with Crippen LogP contribution in [0, 0.1) is 0 Å². The lowest BCUT2D eigenvalue weighted by Crippen LogP contribution is -2.40. The molecule has 6 rings (SSSR count). The molecule has 5 aromatic rings. The maximum Gasteiger partial charge on any atom is 0.199 e. The molecule has 4 aromatic heterocycles. The zero-order valence-corrected chi connectivity index (χ0v) is 20.1. The van der Waals surface area contributed by atoms with E-state index in [1.165, 1.54) is 0 Å². The number of methoxy groups -OCH3 is 1. The van der Waals surface area contributed by atoms with E-state index in [1.807, 2.05) is 47.9 Å². The highest BCUT2D eigenvalue weighted by molar-refractivity contribution is 7.22. The Labute approximate surface area is 201 Å². The molecule has 1 aliphatic rings. The molecule has 4 heterocycles. The number of thiophene rings is 1. The van der Waals surface area contributed by atoms with Crippen molar-refractivity contribution in [1.82, 2.24) is 29.3 Å². The van der Waals surface area contributed by atoms with E-state index in [-0.39, 0.29) is 0 Å². The zero-order chi connectivity index (χ0) is 23.2. The molecule has 8 nitrogen and oxygen atoms in total. The molecule has 0 atom stereocenters. The Morgan fingerprint density at radius 2 is 1.88 bits per heavy atom. The van der Waals surface area contributed by atoms with Crippen LogP contribution in [0.3, 0.4) is 0 Å². The molecule has 0 spiro atoms. The van der Waals surface area contributed by atoms with Gasteiger partial charge in [0.05, 0.1) is 16.4 Å². The fraction of sp³-hybridized carbons (Fsp3) is 0.280. The Hall–Kier alpha value is -3.56. The summed E-state index contributed by atoms with van der Waals surface area (Å²) < 4.78 is 9.28. The van der Waals surface area contributed by atoms with Crippen LogP contribution in [-0.4, -0.2) is 48.6 Å². The number of aryl methyl sites for hydroxylation is 2. The third-order valence-corrected chi connectivity index (χ3v) is 7.46. The van der Waals surface area contributed by atoms with Crippen molar-refractivity contribution in [3.05, 3.63) is 55.0 Å². The first kappa shape index (κ1) is 21.0. The van der Waals surface area contributed by atoms with Crippen LogP contribution in [0.5, 0.6) is 0 Å². The summed E-state index contributed by atoms with van der Waals surface area (Å²) in [7, 11) is 5.67. The van der Waals surface area contributed by atoms with Crippen LogP contribution in [0.2, 0.25) is 0 Å². The number of hydrogen-bond donors (Lipinski definition) is 1. The number of imidazole rings is 1. The van der Waals surface area contributed by atoms with Crippen LogP contribution in [-0.2, 0) is 18.8 Å². The number of nitrogens with zero attached hydrogens (tertiary/aromatic N) is 6. The van der Waals surface area contributed by atoms with Crippen molar-refractivity contribution in [2.75, 3.05) is 12.4 Å². The largest absolute Gasteiger partial charge is 0.381 e. The van der Waals surface area contributed by atoms with Crippen molar-refractivity contribution in [3.63, 3.8) is 0 Å². The van der Waals surface area contributed by atoms with E-state index in [0.29, 0.717) is 18.0 Å². The third-order valence-electron chi connectivity index (χ3n) is 6.35. The average molecular weight is 472 g/mol. The minimum Gasteiger partial charge on any atom is -0.381 e. The SMILES string of the molecule is COC1CC(Nc2nc(-c3nccn3C)nc3sc(-c4ccn(C)n4)c(-c4ccccc4)c23)C1. The van der Waals surface area contributed by atoms with Gasteiger partial charge in [0.2, 0.25) is 0 Å². The van der Waals surface area contributed by atoms with Crippen LogP contribution in [0.15, 0.2) is 55.0 Å². The van der Waals surface area contributed by atoms with Crippen LogP contribution in [0.1, 0.15) is 12.8 Å². The van der Waals surface area contributed by atoms with E-state index in [2.05, 4.69) is 34.6 Å². The summed E-state index contributed by atoms with van der Waals surface area (Å²) >= 11 is 1.65. The summed E-state index contributed by atoms with van der Waals surface area (Å²) in [6.45, 7) is 0. The molecule has 1 fully saturated rings. The van der Waals surface area contributed by atoms with E-state index < -0.39 is 0 Å². The number of nitrogens with one attached hydrogen (secondary N) is 1. The minimum atomic E-state index is 0.295. The Morgan fingerprint density at radius 3 is 2.56 bits per heavy atom. The average Bonchev–Trinajstić information content (AvgIpc) is 3.54. The summed E-state index contributed by atoms with van der Waals surface area (Å²) in [5.74, 6) is 2.18. The fourth-order valence-corrected chi connectivity index (χ4v) is 5.61. The zero-order valence-electron chi connectivity index (χ0n) is 19.3. The molecule has 0 bridgehead atoms. The smallest absolute Gasteiger partial charge is 0.199 e. The molecule has 1 saturated carbocycles. The van der Waals surface area contributed by atoms with Crippen LogP contribution >= 0.6 is 11.3 Å². The van der Waals surface area contributed by atoms with E-state index in [4.69, 9.17) is 19.8 Å². The molecule has 0 amide bonds. The van der Waals surface area contributed by atoms with Crippen molar-refractivity contribution in [1.29, 1.82) is 0 Å². The van der Waals surface area contributed by atoms with Gasteiger partial charge in [0, 0.05) is 51.4 Å². The molecule has 0 unspecified atom stereocenters. The van der Waals surface area contributed by atoms with Gasteiger partial charge >= 0.3 is 0 Å². The minimum absolute atomic E-state index is 0.295. The molecular weight excluding hydrogens is 446 g/mol. The topological polar surface area (TPSA) is 82.7 Å². The number of aromatic nitrogens is 6. The second-order valence-electron chi connectivity index (χ2n) is 8.65. The second kappa shape index (κ2) is 8.34. The number of benzene rings is 1. The maximum absolute atomic E-state index is 5.50. The number of ether oxygens (including phenoxy) is 1. The lowest BCUT2D eigenvalue weighted by Gasteiger charge is -2.35. The Morgan fingerprint density at radius 1 is 1.06 bits per heavy atom. The van der Waals surface area contributed by atoms with Crippen LogP contribution in [0.4, 0.5) is 5.82 Å². The first-order chi connectivity index (χ1) is 16.6. The molecule has 34 heavy (non-hydrogen) atoms. The van der Waals surface area contributed by atoms with Gasteiger partial charge in [-0.3, -0.25) is 4.68 Å². The standard InChI is InChI=1S/C25H25N7OS/c1-31-12-10-26-24(31)23-28-22(27-16-13-17(14-16)33-3)20-19(15-7-5-4-6-8-15)21(34-25(20)29-23)18-9-11-32(2)30-18/h4-12,16-17H,13-14H2,1-3H3,(H,27,28,29). The number of anilines is 1. The van der Waals surface area contributed by atoms with Gasteiger partial charge in [0.15, 0.2) is 11.6 Å². The normalized spacial score (nSPS) is 17.7. The first-order valence-electron chi connectivity index (χ1n) is 11.3. The predicted octanol–water partition coefficient (Wildman–Crippen LogP) is 4.75. The van der Waals surface area contributed by atoms with Gasteiger partial charge in [-0.2, -0.15) is 5.10 Å². The third kappa shape index (κ3) is 3.57. The molecule has 1 aromatic carbocycles. The first-order valence-corrected chi connectivity index (χ1v) is 12.1. The van der Waals surface area contributed by atoms with Gasteiger partial charge in [-0.25, -0.2) is 15.0 Å². The highest BCUT2D eigenvalue weighted by Crippen LogP contribution is 2.47. The number of hydrogen-bond acceptors (Lipinski definition) is 7. The Balaban J connectivity index is 1.60. The van der Waals surface area contributed by atoms with Crippen molar-refractivity contribution >= 4 is 27.4 Å². The van der Waals surface area contributed by atoms with Gasteiger partial charge in [0.25, 0.3) is 0 Å². The van der Waals surface area contributed by atoms with Gasteiger partial charge in [0.1, 0.15) is 16.3 Å². The van der Waals surface area contributed by atoms with Gasteiger partial charge in [-0.1, -0.05) is 30.3 Å². The molecule has 0 radical (unpaired) electrons. The summed E-state index contributed by atoms with van der Waals surface area (Å²) in [5, 5.41) is 9.44. The number of fused-ring (bicyclic) bond motifs is 1. The summed E-state index contributed by atoms with van der Waals surface area (Å²) in [6, 6.07) is 12.8. The summed E-state index contributed by atoms with van der Waals surface area (Å²) in [4.78, 5) is 16.5. The van der Waals surface area contributed by atoms with E-state index in [9.17, 15) is 0 Å². The molecule has 0 saturated heterocycles. The van der Waals surface area contributed by atoms with Crippen LogP contribution in [0.25, 0.3) is 43.6 Å². The maximum atomic E-state index is 5.50. The lowest BCUT2D eigenvalue weighted by atomic mass is 9.89. The second-order valence-corrected chi connectivity index (χ2v) is 9.65. The summed E-state index contributed by atoms with van der Waals surface area (Å²) in [5.41, 5.74) is 3.15. The Kier molecular flexibility index (Phi) is 5.15. The van der Waals surface area contributed by atoms with Crippen molar-refractivity contribution in [3.8, 4) is 33.3 Å². The molecule has 1 aliphatic carbocycles. The van der Waals surface area contributed by atoms with Crippen LogP contribution < -0.4 is 5.32 Å². The highest BCUT2D eigenvalue weighted by Gasteiger charge is 2.31. The Bertz CT molecular complexity index is 1460. The fourth-order valence-electron chi connectivity index (χ4n) is 4.45. The lowest BCUT2D eigenvalue weighted by molar-refractivity contribution is 0.0328. The van der Waals surface area contributed by atoms with Crippen molar-refractivity contribution in [2.24, 2.45) is 14.1 Å². The van der Waals surface area contributed by atoms with E-state index in [0.717, 1.165) is 56.4 Å². The quantitative estimate of drug-likeness (QED) is 0.385. The van der Waals surface area contributed by atoms with Crippen molar-refractivity contribution < 1.29 is 4.74 Å². The molecule has 9 heteroatoms. The number of rotatable bonds is 6. The van der Waals surface area contributed by atoms with Gasteiger partial charge in [-0.05, 0) is 24.5 Å². The molecular formula is C25H25N7OS. The molecule has 1 N–H and O–H groups in total.